The molecule has 1 amide bonds. The second-order valence-electron chi connectivity index (χ2n) is 5.35. The molecule has 2 heterocycles. The largest absolute Gasteiger partial charge is 0.505 e. The number of rotatable bonds is 1. The first-order valence-electron chi connectivity index (χ1n) is 6.23. The molecule has 0 bridgehead atoms. The summed E-state index contributed by atoms with van der Waals surface area (Å²) >= 11 is 5.95. The van der Waals surface area contributed by atoms with Gasteiger partial charge in [0.2, 0.25) is 0 Å². The summed E-state index contributed by atoms with van der Waals surface area (Å²) in [4.78, 5) is 17.9. The van der Waals surface area contributed by atoms with E-state index in [0.717, 1.165) is 19.5 Å². The maximum atomic E-state index is 12.4. The minimum atomic E-state index is -0.177. The Kier molecular flexibility index (Phi) is 2.70. The van der Waals surface area contributed by atoms with E-state index in [1.807, 2.05) is 0 Å². The first-order valence-corrected chi connectivity index (χ1v) is 6.61. The van der Waals surface area contributed by atoms with E-state index in [1.54, 1.807) is 4.90 Å². The fourth-order valence-corrected chi connectivity index (χ4v) is 3.22. The summed E-state index contributed by atoms with van der Waals surface area (Å²) in [6, 6.07) is 0. The van der Waals surface area contributed by atoms with E-state index in [9.17, 15) is 9.90 Å². The molecular weight excluding hydrogens is 252 g/mol. The molecule has 1 aliphatic heterocycles. The van der Waals surface area contributed by atoms with Gasteiger partial charge in [0, 0.05) is 19.3 Å². The molecule has 1 aromatic heterocycles. The molecule has 1 saturated heterocycles. The van der Waals surface area contributed by atoms with Crippen LogP contribution >= 0.6 is 11.6 Å². The monoisotopic (exact) mass is 266 g/mol. The molecule has 1 saturated carbocycles. The van der Waals surface area contributed by atoms with Gasteiger partial charge in [0.1, 0.15) is 11.3 Å². The third-order valence-electron chi connectivity index (χ3n) is 4.23. The van der Waals surface area contributed by atoms with Gasteiger partial charge >= 0.3 is 0 Å². The molecule has 3 rings (SSSR count). The highest BCUT2D eigenvalue weighted by Gasteiger charge is 2.44. The van der Waals surface area contributed by atoms with Crippen LogP contribution in [0.2, 0.25) is 5.02 Å². The smallest absolute Gasteiger partial charge is 0.259 e. The average Bonchev–Trinajstić information content (AvgIpc) is 2.73. The predicted molar refractivity (Wildman–Crippen MR) is 67.7 cm³/mol. The minimum Gasteiger partial charge on any atom is -0.505 e. The first kappa shape index (κ1) is 11.8. The average molecular weight is 267 g/mol. The molecule has 2 fully saturated rings. The van der Waals surface area contributed by atoms with Crippen molar-refractivity contribution in [2.45, 2.75) is 25.7 Å². The van der Waals surface area contributed by atoms with Crippen molar-refractivity contribution in [3.8, 4) is 5.75 Å². The van der Waals surface area contributed by atoms with Crippen molar-refractivity contribution in [1.29, 1.82) is 0 Å². The quantitative estimate of drug-likeness (QED) is 0.850. The van der Waals surface area contributed by atoms with Crippen LogP contribution in [0.3, 0.4) is 0 Å². The second kappa shape index (κ2) is 4.12. The van der Waals surface area contributed by atoms with Crippen LogP contribution in [0.4, 0.5) is 0 Å². The van der Waals surface area contributed by atoms with Crippen LogP contribution in [0.25, 0.3) is 0 Å². The third-order valence-corrected chi connectivity index (χ3v) is 4.52. The number of nitrogens with zero attached hydrogens (tertiary/aromatic N) is 2. The Bertz CT molecular complexity index is 480. The van der Waals surface area contributed by atoms with E-state index in [4.69, 9.17) is 11.6 Å². The Morgan fingerprint density at radius 2 is 2.17 bits per heavy atom. The molecule has 0 aromatic carbocycles. The second-order valence-corrected chi connectivity index (χ2v) is 5.75. The minimum absolute atomic E-state index is 0.137. The van der Waals surface area contributed by atoms with Crippen LogP contribution in [-0.4, -0.2) is 34.0 Å². The lowest BCUT2D eigenvalue weighted by molar-refractivity contribution is 0.0729. The van der Waals surface area contributed by atoms with Crippen LogP contribution in [0.15, 0.2) is 12.4 Å². The summed E-state index contributed by atoms with van der Waals surface area (Å²) in [6.07, 6.45) is 7.42. The molecule has 5 heteroatoms. The van der Waals surface area contributed by atoms with Crippen molar-refractivity contribution in [2.75, 3.05) is 13.1 Å². The number of likely N-dealkylation sites (tertiary alicyclic amines) is 1. The number of hydrogen-bond acceptors (Lipinski definition) is 3. The summed E-state index contributed by atoms with van der Waals surface area (Å²) in [6.45, 7) is 1.56. The van der Waals surface area contributed by atoms with Crippen molar-refractivity contribution in [2.24, 2.45) is 5.41 Å². The van der Waals surface area contributed by atoms with Crippen molar-refractivity contribution in [3.05, 3.63) is 23.0 Å². The van der Waals surface area contributed by atoms with E-state index in [1.165, 1.54) is 31.7 Å². The molecular formula is C13H15ClN2O2. The van der Waals surface area contributed by atoms with Gasteiger partial charge in [-0.05, 0) is 24.7 Å². The fraction of sp³-hybridized carbons (Fsp3) is 0.538. The lowest BCUT2D eigenvalue weighted by Gasteiger charge is -2.38. The normalized spacial score (nSPS) is 21.1. The summed E-state index contributed by atoms with van der Waals surface area (Å²) < 4.78 is 0. The maximum Gasteiger partial charge on any atom is 0.259 e. The zero-order chi connectivity index (χ0) is 12.8. The summed E-state index contributed by atoms with van der Waals surface area (Å²) in [5, 5.41) is 9.95. The number of aromatic nitrogens is 1. The number of halogens is 1. The first-order chi connectivity index (χ1) is 8.61. The van der Waals surface area contributed by atoms with Crippen LogP contribution in [0, 0.1) is 5.41 Å². The molecule has 96 valence electrons. The van der Waals surface area contributed by atoms with E-state index in [2.05, 4.69) is 4.98 Å². The SMILES string of the molecule is O=C(c1c(O)cncc1Cl)N1CCC2(CCC2)C1. The number of carbonyl (C=O) groups excluding carboxylic acids is 1. The topological polar surface area (TPSA) is 53.4 Å². The highest BCUT2D eigenvalue weighted by molar-refractivity contribution is 6.34. The molecule has 0 atom stereocenters. The number of pyridine rings is 1. The van der Waals surface area contributed by atoms with Gasteiger partial charge in [-0.3, -0.25) is 9.78 Å². The van der Waals surface area contributed by atoms with Gasteiger partial charge in [0.25, 0.3) is 5.91 Å². The van der Waals surface area contributed by atoms with Crippen LogP contribution in [0.1, 0.15) is 36.0 Å². The maximum absolute atomic E-state index is 12.4. The molecule has 0 radical (unpaired) electrons. The predicted octanol–water partition coefficient (Wildman–Crippen LogP) is 2.46. The van der Waals surface area contributed by atoms with E-state index >= 15 is 0 Å². The van der Waals surface area contributed by atoms with E-state index in [0.29, 0.717) is 5.41 Å². The molecule has 4 nitrogen and oxygen atoms in total. The Labute approximate surface area is 111 Å². The van der Waals surface area contributed by atoms with Gasteiger partial charge in [-0.1, -0.05) is 18.0 Å². The van der Waals surface area contributed by atoms with Gasteiger partial charge in [-0.15, -0.1) is 0 Å². The van der Waals surface area contributed by atoms with Gasteiger partial charge in [0.05, 0.1) is 11.2 Å². The summed E-state index contributed by atoms with van der Waals surface area (Å²) in [5.41, 5.74) is 0.535. The zero-order valence-electron chi connectivity index (χ0n) is 10.0. The van der Waals surface area contributed by atoms with Crippen molar-refractivity contribution >= 4 is 17.5 Å². The Morgan fingerprint density at radius 1 is 1.39 bits per heavy atom. The van der Waals surface area contributed by atoms with Crippen molar-refractivity contribution < 1.29 is 9.90 Å². The van der Waals surface area contributed by atoms with Crippen molar-refractivity contribution in [3.63, 3.8) is 0 Å². The lowest BCUT2D eigenvalue weighted by atomic mass is 9.68. The molecule has 2 aliphatic rings. The Balaban J connectivity index is 1.83. The Hall–Kier alpha value is -1.29. The molecule has 1 N–H and O–H groups in total. The number of aromatic hydroxyl groups is 1. The fourth-order valence-electron chi connectivity index (χ4n) is 2.99. The Morgan fingerprint density at radius 3 is 2.72 bits per heavy atom. The van der Waals surface area contributed by atoms with Gasteiger partial charge < -0.3 is 10.0 Å². The summed E-state index contributed by atoms with van der Waals surface area (Å²) in [7, 11) is 0. The summed E-state index contributed by atoms with van der Waals surface area (Å²) in [5.74, 6) is -0.314. The molecule has 18 heavy (non-hydrogen) atoms. The lowest BCUT2D eigenvalue weighted by Crippen LogP contribution is -2.36. The van der Waals surface area contributed by atoms with Crippen LogP contribution in [-0.2, 0) is 0 Å². The number of amides is 1. The highest BCUT2D eigenvalue weighted by atomic mass is 35.5. The van der Waals surface area contributed by atoms with E-state index in [-0.39, 0.29) is 22.2 Å². The zero-order valence-corrected chi connectivity index (χ0v) is 10.8. The van der Waals surface area contributed by atoms with E-state index < -0.39 is 0 Å². The third kappa shape index (κ3) is 1.75. The number of carbonyl (C=O) groups is 1. The molecule has 0 unspecified atom stereocenters. The highest BCUT2D eigenvalue weighted by Crippen LogP contribution is 2.48. The van der Waals surface area contributed by atoms with Gasteiger partial charge in [0.15, 0.2) is 0 Å². The van der Waals surface area contributed by atoms with Gasteiger partial charge in [-0.2, -0.15) is 0 Å². The molecule has 1 aromatic rings. The standard InChI is InChI=1S/C13H15ClN2O2/c14-9-6-15-7-10(17)11(9)12(18)16-5-4-13(8-16)2-1-3-13/h6-7,17H,1-5,8H2. The molecule has 1 spiro atoms. The van der Waals surface area contributed by atoms with Crippen LogP contribution < -0.4 is 0 Å². The van der Waals surface area contributed by atoms with Crippen LogP contribution in [0.5, 0.6) is 5.75 Å². The number of hydrogen-bond donors (Lipinski definition) is 1. The molecule has 1 aliphatic carbocycles. The van der Waals surface area contributed by atoms with Gasteiger partial charge in [-0.25, -0.2) is 0 Å². The van der Waals surface area contributed by atoms with Crippen molar-refractivity contribution in [1.82, 2.24) is 9.88 Å².